The topological polar surface area (TPSA) is 17.1 Å². The summed E-state index contributed by atoms with van der Waals surface area (Å²) in [4.78, 5) is 13.5. The van der Waals surface area contributed by atoms with E-state index in [4.69, 9.17) is 0 Å². The first kappa shape index (κ1) is 21.9. The van der Waals surface area contributed by atoms with Crippen LogP contribution in [-0.2, 0) is 4.79 Å². The van der Waals surface area contributed by atoms with Crippen LogP contribution in [0, 0.1) is 11.3 Å². The molecule has 27 heavy (non-hydrogen) atoms. The van der Waals surface area contributed by atoms with Crippen molar-refractivity contribution in [3.63, 3.8) is 0 Å². The standard InChI is InChI=1S/C25H34OSe/c1-18(2)22(19(3)4)15-17-25(6)16-11-10-14-23(25)24(26)20(5)27-21-12-8-7-9-13-21/h7-9,11-13,16,20,23H,1,10,14-15,17H2,2-6H3/t20-,23-,25-/m0/s1. The van der Waals surface area contributed by atoms with Crippen LogP contribution < -0.4 is 4.46 Å². The molecule has 0 radical (unpaired) electrons. The number of rotatable bonds is 8. The normalized spacial score (nSPS) is 22.9. The minimum atomic E-state index is -0.0491. The minimum absolute atomic E-state index is 0.0491. The van der Waals surface area contributed by atoms with Gasteiger partial charge in [-0.2, -0.15) is 0 Å². The van der Waals surface area contributed by atoms with Gasteiger partial charge in [-0.15, -0.1) is 0 Å². The SMILES string of the molecule is C=C(C)C(CC[C@]1(C)C=CCC[C@H]1C(=O)[C@H](C)[Se]c1ccccc1)=C(C)C. The first-order chi connectivity index (χ1) is 12.7. The molecule has 0 amide bonds. The fourth-order valence-electron chi connectivity index (χ4n) is 4.12. The van der Waals surface area contributed by atoms with E-state index < -0.39 is 0 Å². The maximum absolute atomic E-state index is 13.4. The van der Waals surface area contributed by atoms with Gasteiger partial charge in [-0.1, -0.05) is 0 Å². The van der Waals surface area contributed by atoms with Gasteiger partial charge in [0.1, 0.15) is 0 Å². The zero-order valence-corrected chi connectivity index (χ0v) is 19.3. The molecule has 0 fully saturated rings. The molecule has 0 unspecified atom stereocenters. The number of carbonyl (C=O) groups excluding carboxylic acids is 1. The molecule has 0 N–H and O–H groups in total. The molecule has 0 bridgehead atoms. The molecular formula is C25H34OSe. The van der Waals surface area contributed by atoms with Gasteiger partial charge in [0.05, 0.1) is 0 Å². The molecule has 2 rings (SSSR count). The number of hydrogen-bond acceptors (Lipinski definition) is 1. The Morgan fingerprint density at radius 2 is 1.93 bits per heavy atom. The Morgan fingerprint density at radius 3 is 2.52 bits per heavy atom. The molecule has 0 aliphatic heterocycles. The average molecular weight is 430 g/mol. The van der Waals surface area contributed by atoms with Crippen LogP contribution in [0.4, 0.5) is 0 Å². The molecule has 0 spiro atoms. The quantitative estimate of drug-likeness (QED) is 0.279. The molecule has 1 aliphatic carbocycles. The summed E-state index contributed by atoms with van der Waals surface area (Å²) in [6.45, 7) is 15.0. The monoisotopic (exact) mass is 430 g/mol. The number of benzene rings is 1. The molecule has 0 saturated carbocycles. The second-order valence-electron chi connectivity index (χ2n) is 8.27. The van der Waals surface area contributed by atoms with E-state index in [1.165, 1.54) is 15.6 Å². The van der Waals surface area contributed by atoms with Gasteiger partial charge in [0, 0.05) is 0 Å². The van der Waals surface area contributed by atoms with Crippen molar-refractivity contribution < 1.29 is 4.79 Å². The summed E-state index contributed by atoms with van der Waals surface area (Å²) in [5.74, 6) is 0.589. The van der Waals surface area contributed by atoms with Gasteiger partial charge in [0.25, 0.3) is 0 Å². The Kier molecular flexibility index (Phi) is 7.89. The van der Waals surface area contributed by atoms with Gasteiger partial charge >= 0.3 is 172 Å². The molecule has 0 aromatic heterocycles. The second kappa shape index (κ2) is 9.71. The molecule has 3 atom stereocenters. The van der Waals surface area contributed by atoms with Crippen LogP contribution in [0.15, 0.2) is 65.8 Å². The van der Waals surface area contributed by atoms with Gasteiger partial charge < -0.3 is 0 Å². The van der Waals surface area contributed by atoms with Gasteiger partial charge in [-0.3, -0.25) is 0 Å². The van der Waals surface area contributed by atoms with Crippen LogP contribution in [0.25, 0.3) is 0 Å². The summed E-state index contributed by atoms with van der Waals surface area (Å²) in [7, 11) is 0. The molecule has 2 heteroatoms. The van der Waals surface area contributed by atoms with Crippen LogP contribution in [0.2, 0.25) is 4.82 Å². The van der Waals surface area contributed by atoms with Crippen molar-refractivity contribution in [3.05, 3.63) is 65.8 Å². The summed E-state index contributed by atoms with van der Waals surface area (Å²) in [6, 6.07) is 10.5. The van der Waals surface area contributed by atoms with Gasteiger partial charge in [-0.05, 0) is 0 Å². The third kappa shape index (κ3) is 5.80. The molecule has 1 aromatic rings. The van der Waals surface area contributed by atoms with Crippen LogP contribution in [0.5, 0.6) is 0 Å². The Bertz CT molecular complexity index is 724. The van der Waals surface area contributed by atoms with E-state index in [9.17, 15) is 4.79 Å². The van der Waals surface area contributed by atoms with Crippen molar-refractivity contribution in [1.29, 1.82) is 0 Å². The molecule has 1 aromatic carbocycles. The zero-order valence-electron chi connectivity index (χ0n) is 17.5. The van der Waals surface area contributed by atoms with Crippen LogP contribution >= 0.6 is 0 Å². The number of carbonyl (C=O) groups is 1. The zero-order chi connectivity index (χ0) is 20.0. The van der Waals surface area contributed by atoms with Crippen molar-refractivity contribution in [2.75, 3.05) is 0 Å². The van der Waals surface area contributed by atoms with Crippen molar-refractivity contribution >= 4 is 25.2 Å². The van der Waals surface area contributed by atoms with Crippen molar-refractivity contribution in [1.82, 2.24) is 0 Å². The van der Waals surface area contributed by atoms with E-state index in [0.717, 1.165) is 31.3 Å². The van der Waals surface area contributed by atoms with Crippen molar-refractivity contribution in [2.24, 2.45) is 11.3 Å². The van der Waals surface area contributed by atoms with Crippen LogP contribution in [0.3, 0.4) is 0 Å². The van der Waals surface area contributed by atoms with E-state index in [1.807, 2.05) is 6.07 Å². The Labute approximate surface area is 172 Å². The molecule has 146 valence electrons. The van der Waals surface area contributed by atoms with Gasteiger partial charge in [0.2, 0.25) is 0 Å². The fourth-order valence-corrected chi connectivity index (χ4v) is 6.22. The van der Waals surface area contributed by atoms with E-state index in [1.54, 1.807) is 0 Å². The summed E-state index contributed by atoms with van der Waals surface area (Å²) in [6.07, 6.45) is 8.62. The summed E-state index contributed by atoms with van der Waals surface area (Å²) in [5, 5.41) is 0. The van der Waals surface area contributed by atoms with E-state index in [2.05, 4.69) is 77.6 Å². The number of Topliss-reactive ketones (excluding diaryl/α,β-unsaturated/α-hetero) is 1. The average Bonchev–Trinajstić information content (AvgIpc) is 2.61. The Morgan fingerprint density at radius 1 is 1.26 bits per heavy atom. The first-order valence-electron chi connectivity index (χ1n) is 10.00. The summed E-state index contributed by atoms with van der Waals surface area (Å²) in [5.41, 5.74) is 3.81. The predicted molar refractivity (Wildman–Crippen MR) is 119 cm³/mol. The molecule has 1 nitrogen and oxygen atoms in total. The maximum atomic E-state index is 13.4. The van der Waals surface area contributed by atoms with Crippen molar-refractivity contribution in [2.45, 2.75) is 65.1 Å². The Balaban J connectivity index is 2.13. The second-order valence-corrected chi connectivity index (χ2v) is 11.2. The molecular weight excluding hydrogens is 395 g/mol. The van der Waals surface area contributed by atoms with E-state index >= 15 is 0 Å². The van der Waals surface area contributed by atoms with Gasteiger partial charge in [-0.25, -0.2) is 0 Å². The predicted octanol–water partition coefficient (Wildman–Crippen LogP) is 6.06. The number of allylic oxidation sites excluding steroid dienone is 5. The Hall–Kier alpha value is -1.37. The van der Waals surface area contributed by atoms with Gasteiger partial charge in [0.15, 0.2) is 0 Å². The van der Waals surface area contributed by atoms with Crippen LogP contribution in [0.1, 0.15) is 60.3 Å². The molecule has 1 aliphatic rings. The fraction of sp³-hybridized carbons (Fsp3) is 0.480. The third-order valence-electron chi connectivity index (χ3n) is 5.75. The van der Waals surface area contributed by atoms with Crippen LogP contribution in [-0.4, -0.2) is 20.7 Å². The molecule has 0 saturated heterocycles. The number of hydrogen-bond donors (Lipinski definition) is 0. The molecule has 0 heterocycles. The third-order valence-corrected chi connectivity index (χ3v) is 8.12. The summed E-state index contributed by atoms with van der Waals surface area (Å²) < 4.78 is 1.31. The van der Waals surface area contributed by atoms with E-state index in [0.29, 0.717) is 5.78 Å². The van der Waals surface area contributed by atoms with Crippen molar-refractivity contribution in [3.8, 4) is 0 Å². The summed E-state index contributed by atoms with van der Waals surface area (Å²) >= 11 is 0.198. The van der Waals surface area contributed by atoms with E-state index in [-0.39, 0.29) is 31.1 Å². The first-order valence-corrected chi connectivity index (χ1v) is 11.8. The number of ketones is 1.